The molecule has 0 bridgehead atoms. The number of rotatable bonds is 2. The van der Waals surface area contributed by atoms with E-state index in [9.17, 15) is 39.5 Å². The summed E-state index contributed by atoms with van der Waals surface area (Å²) in [4.78, 5) is 10.4. The van der Waals surface area contributed by atoms with Crippen LogP contribution < -0.4 is 0 Å². The van der Waals surface area contributed by atoms with Crippen LogP contribution in [0.1, 0.15) is 61.2 Å². The van der Waals surface area contributed by atoms with E-state index in [1.807, 2.05) is 38.1 Å². The minimum Gasteiger partial charge on any atom is -0.237 e. The molecular weight excluding hydrogens is 613 g/mol. The molecule has 2 aliphatic rings. The van der Waals surface area contributed by atoms with Gasteiger partial charge in [-0.05, 0) is 71.0 Å². The average molecular weight is 627 g/mol. The van der Waals surface area contributed by atoms with Crippen LogP contribution in [0.3, 0.4) is 0 Å². The summed E-state index contributed by atoms with van der Waals surface area (Å²) in [7, 11) is 0. The van der Waals surface area contributed by atoms with Gasteiger partial charge in [0, 0.05) is 16.7 Å². The number of aryl methyl sites for hydroxylation is 2. The highest BCUT2D eigenvalue weighted by Gasteiger charge is 2.41. The summed E-state index contributed by atoms with van der Waals surface area (Å²) < 4.78 is 42.1. The zero-order chi connectivity index (χ0) is 35.1. The molecule has 0 N–H and O–H groups in total. The van der Waals surface area contributed by atoms with Gasteiger partial charge in [-0.1, -0.05) is 35.4 Å². The van der Waals surface area contributed by atoms with Gasteiger partial charge in [-0.3, -0.25) is 0 Å². The van der Waals surface area contributed by atoms with Crippen molar-refractivity contribution in [1.82, 2.24) is 0 Å². The molecule has 0 unspecified atom stereocenters. The second kappa shape index (κ2) is 11.7. The summed E-state index contributed by atoms with van der Waals surface area (Å²) in [5.74, 6) is 0. The second-order valence-electron chi connectivity index (χ2n) is 10.5. The molecule has 0 atom stereocenters. The maximum Gasteiger partial charge on any atom is 0.417 e. The van der Waals surface area contributed by atoms with Gasteiger partial charge in [0.15, 0.2) is 0 Å². The molecule has 2 aliphatic carbocycles. The standard InChI is InChI=1S/C37H13F3N8/c1-18-8-19(2)10-22(9-18)31-34(28(16-44)46-3)24-12-23-25(14-42)30(20-6-7-21(13-41)27(11-20)37(38,39)40)35(29(17-45)47-4)32(23)26(15-43)33(24)36(31)48-5/h6-12H,1-2H3/b34-28-,35-29-. The Morgan fingerprint density at radius 1 is 0.688 bits per heavy atom. The Morgan fingerprint density at radius 2 is 1.31 bits per heavy atom. The van der Waals surface area contributed by atoms with Crippen LogP contribution in [-0.2, 0) is 6.18 Å². The highest BCUT2D eigenvalue weighted by Crippen LogP contribution is 2.57. The first kappa shape index (κ1) is 31.7. The number of hydrogen-bond donors (Lipinski definition) is 0. The van der Waals surface area contributed by atoms with Crippen LogP contribution in [0.4, 0.5) is 13.2 Å². The number of alkyl halides is 3. The predicted molar refractivity (Wildman–Crippen MR) is 167 cm³/mol. The van der Waals surface area contributed by atoms with Crippen LogP contribution in [0.15, 0.2) is 53.9 Å². The monoisotopic (exact) mass is 626 g/mol. The third kappa shape index (κ3) is 4.64. The Kier molecular flexibility index (Phi) is 7.73. The van der Waals surface area contributed by atoms with Gasteiger partial charge < -0.3 is 0 Å². The molecule has 0 heterocycles. The summed E-state index contributed by atoms with van der Waals surface area (Å²) in [6.45, 7) is 27.3. The fourth-order valence-corrected chi connectivity index (χ4v) is 6.16. The number of nitrogens with zero attached hydrogens (tertiary/aromatic N) is 8. The highest BCUT2D eigenvalue weighted by molar-refractivity contribution is 6.30. The molecule has 0 fully saturated rings. The number of fused-ring (bicyclic) bond motifs is 2. The molecule has 0 spiro atoms. The first-order valence-electron chi connectivity index (χ1n) is 13.6. The molecule has 0 aliphatic heterocycles. The first-order valence-corrected chi connectivity index (χ1v) is 13.6. The van der Waals surface area contributed by atoms with Gasteiger partial charge in [-0.15, -0.1) is 0 Å². The zero-order valence-electron chi connectivity index (χ0n) is 24.8. The zero-order valence-corrected chi connectivity index (χ0v) is 24.8. The average Bonchev–Trinajstić information content (AvgIpc) is 3.56. The van der Waals surface area contributed by atoms with Gasteiger partial charge in [-0.25, -0.2) is 25.1 Å². The minimum absolute atomic E-state index is 0.0130. The molecule has 5 rings (SSSR count). The van der Waals surface area contributed by atoms with E-state index in [2.05, 4.69) is 14.5 Å². The van der Waals surface area contributed by atoms with E-state index in [0.29, 0.717) is 11.6 Å². The molecule has 3 aromatic carbocycles. The van der Waals surface area contributed by atoms with Crippen molar-refractivity contribution >= 4 is 33.6 Å². The molecule has 11 heteroatoms. The molecule has 8 nitrogen and oxygen atoms in total. The lowest BCUT2D eigenvalue weighted by Gasteiger charge is -2.15. The Hall–Kier alpha value is -7.67. The van der Waals surface area contributed by atoms with Gasteiger partial charge >= 0.3 is 6.18 Å². The van der Waals surface area contributed by atoms with Crippen molar-refractivity contribution < 1.29 is 13.2 Å². The molecule has 222 valence electrons. The maximum atomic E-state index is 14.0. The van der Waals surface area contributed by atoms with Gasteiger partial charge in [-0.2, -0.15) is 29.0 Å². The van der Waals surface area contributed by atoms with Gasteiger partial charge in [0.1, 0.15) is 6.07 Å². The summed E-state index contributed by atoms with van der Waals surface area (Å²) in [5, 5.41) is 50.5. The lowest BCUT2D eigenvalue weighted by molar-refractivity contribution is -0.137. The smallest absolute Gasteiger partial charge is 0.237 e. The second-order valence-corrected chi connectivity index (χ2v) is 10.5. The van der Waals surface area contributed by atoms with E-state index in [1.54, 1.807) is 18.2 Å². The molecule has 0 amide bonds. The highest BCUT2D eigenvalue weighted by atomic mass is 19.4. The van der Waals surface area contributed by atoms with Crippen molar-refractivity contribution in [2.75, 3.05) is 0 Å². The van der Waals surface area contributed by atoms with Gasteiger partial charge in [0.05, 0.1) is 66.3 Å². The summed E-state index contributed by atoms with van der Waals surface area (Å²) in [5.41, 5.74) is -2.32. The Morgan fingerprint density at radius 3 is 1.81 bits per heavy atom. The lowest BCUT2D eigenvalue weighted by Crippen LogP contribution is -2.08. The van der Waals surface area contributed by atoms with Crippen molar-refractivity contribution in [2.45, 2.75) is 20.0 Å². The largest absolute Gasteiger partial charge is 0.417 e. The van der Waals surface area contributed by atoms with E-state index < -0.39 is 28.7 Å². The lowest BCUT2D eigenvalue weighted by atomic mass is 9.87. The SMILES string of the molecule is [C-]#[N+]C1=C(c2cc(C)cc(C)c2)/C(=C(/C#N)[N+]#[C-])c2cc3c(c(C#N)c21)/C(=C(/C#N)[N+]#[C-])C(c1ccc(C#N)c(C(F)(F)F)c1)=C3C#N. The van der Waals surface area contributed by atoms with E-state index >= 15 is 0 Å². The quantitative estimate of drug-likeness (QED) is 0.207. The molecule has 3 aromatic rings. The molecule has 0 saturated heterocycles. The number of allylic oxidation sites excluding steroid dienone is 7. The summed E-state index contributed by atoms with van der Waals surface area (Å²) >= 11 is 0. The van der Waals surface area contributed by atoms with Crippen molar-refractivity contribution in [2.24, 2.45) is 0 Å². The molecule has 48 heavy (non-hydrogen) atoms. The fourth-order valence-electron chi connectivity index (χ4n) is 6.16. The maximum absolute atomic E-state index is 14.0. The first-order chi connectivity index (χ1) is 22.9. The van der Waals surface area contributed by atoms with Crippen molar-refractivity contribution in [1.29, 1.82) is 26.3 Å². The number of hydrogen-bond acceptors (Lipinski definition) is 5. The van der Waals surface area contributed by atoms with Crippen LogP contribution in [-0.4, -0.2) is 0 Å². The van der Waals surface area contributed by atoms with Crippen LogP contribution in [0.5, 0.6) is 0 Å². The minimum atomic E-state index is -4.98. The topological polar surface area (TPSA) is 132 Å². The molecular formula is C37H13F3N8. The normalized spacial score (nSPS) is 14.9. The van der Waals surface area contributed by atoms with Gasteiger partial charge in [0.25, 0.3) is 11.4 Å². The van der Waals surface area contributed by atoms with E-state index in [1.165, 1.54) is 12.1 Å². The molecule has 0 radical (unpaired) electrons. The van der Waals surface area contributed by atoms with E-state index in [4.69, 9.17) is 19.7 Å². The van der Waals surface area contributed by atoms with Gasteiger partial charge in [0.2, 0.25) is 5.70 Å². The van der Waals surface area contributed by atoms with Crippen LogP contribution in [0, 0.1) is 90.2 Å². The third-order valence-corrected chi connectivity index (χ3v) is 7.83. The van der Waals surface area contributed by atoms with Crippen LogP contribution in [0.25, 0.3) is 48.1 Å². The Bertz CT molecular complexity index is 2490. The molecule has 0 saturated carbocycles. The number of benzene rings is 3. The Balaban J connectivity index is 2.02. The predicted octanol–water partition coefficient (Wildman–Crippen LogP) is 8.62. The fraction of sp³-hybridized carbons (Fsp3) is 0.0811. The van der Waals surface area contributed by atoms with Crippen molar-refractivity contribution in [3.63, 3.8) is 0 Å². The Labute approximate surface area is 272 Å². The van der Waals surface area contributed by atoms with Crippen LogP contribution in [0.2, 0.25) is 0 Å². The third-order valence-electron chi connectivity index (χ3n) is 7.83. The van der Waals surface area contributed by atoms with Crippen LogP contribution >= 0.6 is 0 Å². The van der Waals surface area contributed by atoms with E-state index in [0.717, 1.165) is 23.3 Å². The van der Waals surface area contributed by atoms with Crippen molar-refractivity contribution in [3.8, 4) is 30.3 Å². The number of halogens is 3. The van der Waals surface area contributed by atoms with E-state index in [-0.39, 0.29) is 66.9 Å². The van der Waals surface area contributed by atoms with Crippen molar-refractivity contribution in [3.05, 3.63) is 149 Å². The number of nitriles is 5. The molecule has 0 aromatic heterocycles. The summed E-state index contributed by atoms with van der Waals surface area (Å²) in [6.07, 6.45) is -4.98. The summed E-state index contributed by atoms with van der Waals surface area (Å²) in [6, 6.07) is 18.4.